The van der Waals surface area contributed by atoms with Crippen LogP contribution in [0.15, 0.2) is 35.5 Å². The summed E-state index contributed by atoms with van der Waals surface area (Å²) in [7, 11) is 1.67. The van der Waals surface area contributed by atoms with Gasteiger partial charge in [0, 0.05) is 36.8 Å². The van der Waals surface area contributed by atoms with Crippen LogP contribution in [0.2, 0.25) is 0 Å². The molecule has 1 unspecified atom stereocenters. The van der Waals surface area contributed by atoms with Gasteiger partial charge in [0.05, 0.1) is 6.61 Å². The molecule has 1 aromatic heterocycles. The molecule has 0 aliphatic heterocycles. The average Bonchev–Trinajstić information content (AvgIpc) is 2.87. The highest BCUT2D eigenvalue weighted by atomic mass is 16.5. The van der Waals surface area contributed by atoms with Crippen LogP contribution in [0, 0.1) is 0 Å². The molecule has 1 atom stereocenters. The van der Waals surface area contributed by atoms with E-state index in [4.69, 9.17) is 10.5 Å². The fourth-order valence-corrected chi connectivity index (χ4v) is 2.40. The Bertz CT molecular complexity index is 591. The Morgan fingerprint density at radius 3 is 3.05 bits per heavy atom. The van der Waals surface area contributed by atoms with Crippen molar-refractivity contribution in [1.29, 1.82) is 0 Å². The lowest BCUT2D eigenvalue weighted by molar-refractivity contribution is 0.179. The maximum atomic E-state index is 5.83. The first-order valence-electron chi connectivity index (χ1n) is 7.31. The minimum absolute atomic E-state index is 0.173. The Kier molecular flexibility index (Phi) is 5.63. The predicted molar refractivity (Wildman–Crippen MR) is 87.6 cm³/mol. The number of nitrogens with one attached hydrogen (secondary N) is 2. The molecule has 2 aromatic rings. The van der Waals surface area contributed by atoms with E-state index in [0.717, 1.165) is 19.4 Å². The van der Waals surface area contributed by atoms with Gasteiger partial charge in [-0.3, -0.25) is 4.99 Å². The van der Waals surface area contributed by atoms with E-state index in [0.29, 0.717) is 12.6 Å². The number of aliphatic imine (C=N–C) groups is 1. The number of para-hydroxylation sites is 1. The molecule has 0 bridgehead atoms. The number of nitrogens with zero attached hydrogens (tertiary/aromatic N) is 1. The van der Waals surface area contributed by atoms with Gasteiger partial charge in [-0.2, -0.15) is 0 Å². The fraction of sp³-hybridized carbons (Fsp3) is 0.438. The number of ether oxygens (including phenoxy) is 1. The first-order valence-corrected chi connectivity index (χ1v) is 7.31. The van der Waals surface area contributed by atoms with Gasteiger partial charge in [0.15, 0.2) is 5.96 Å². The molecule has 114 valence electrons. The molecule has 1 aromatic carbocycles. The first kappa shape index (κ1) is 15.4. The number of methoxy groups -OCH3 is 1. The fourth-order valence-electron chi connectivity index (χ4n) is 2.40. The van der Waals surface area contributed by atoms with E-state index in [1.807, 2.05) is 13.0 Å². The van der Waals surface area contributed by atoms with Gasteiger partial charge in [-0.1, -0.05) is 18.2 Å². The van der Waals surface area contributed by atoms with Crippen LogP contribution in [0.5, 0.6) is 0 Å². The molecular weight excluding hydrogens is 264 g/mol. The van der Waals surface area contributed by atoms with Crippen LogP contribution in [0.25, 0.3) is 10.9 Å². The van der Waals surface area contributed by atoms with Crippen molar-refractivity contribution >= 4 is 16.9 Å². The molecule has 0 aliphatic rings. The number of rotatable bonds is 7. The van der Waals surface area contributed by atoms with Crippen molar-refractivity contribution in [1.82, 2.24) is 10.3 Å². The summed E-state index contributed by atoms with van der Waals surface area (Å²) >= 11 is 0. The van der Waals surface area contributed by atoms with Gasteiger partial charge in [0.2, 0.25) is 0 Å². The zero-order valence-corrected chi connectivity index (χ0v) is 12.7. The largest absolute Gasteiger partial charge is 0.383 e. The molecule has 4 N–H and O–H groups in total. The highest BCUT2D eigenvalue weighted by molar-refractivity contribution is 5.83. The average molecular weight is 288 g/mol. The van der Waals surface area contributed by atoms with E-state index < -0.39 is 0 Å². The summed E-state index contributed by atoms with van der Waals surface area (Å²) in [5, 5.41) is 4.39. The topological polar surface area (TPSA) is 75.4 Å². The van der Waals surface area contributed by atoms with E-state index in [2.05, 4.69) is 39.7 Å². The van der Waals surface area contributed by atoms with Crippen molar-refractivity contribution in [2.45, 2.75) is 25.8 Å². The quantitative estimate of drug-likeness (QED) is 0.414. The van der Waals surface area contributed by atoms with Crippen LogP contribution >= 0.6 is 0 Å². The monoisotopic (exact) mass is 288 g/mol. The minimum atomic E-state index is 0.173. The van der Waals surface area contributed by atoms with Gasteiger partial charge >= 0.3 is 0 Å². The molecule has 21 heavy (non-hydrogen) atoms. The van der Waals surface area contributed by atoms with Crippen molar-refractivity contribution in [3.63, 3.8) is 0 Å². The molecule has 1 heterocycles. The lowest BCUT2D eigenvalue weighted by Gasteiger charge is -2.12. The van der Waals surface area contributed by atoms with Gasteiger partial charge in [0.25, 0.3) is 0 Å². The summed E-state index contributed by atoms with van der Waals surface area (Å²) in [5.74, 6) is 0.485. The Morgan fingerprint density at radius 1 is 1.43 bits per heavy atom. The molecule has 5 heteroatoms. The third-order valence-corrected chi connectivity index (χ3v) is 3.37. The van der Waals surface area contributed by atoms with Crippen LogP contribution in [-0.2, 0) is 11.2 Å². The van der Waals surface area contributed by atoms with Gasteiger partial charge in [-0.25, -0.2) is 0 Å². The number of hydrogen-bond donors (Lipinski definition) is 3. The second kappa shape index (κ2) is 7.69. The summed E-state index contributed by atoms with van der Waals surface area (Å²) in [6.45, 7) is 3.35. The van der Waals surface area contributed by atoms with Crippen LogP contribution in [0.4, 0.5) is 0 Å². The van der Waals surface area contributed by atoms with Crippen LogP contribution < -0.4 is 11.1 Å². The van der Waals surface area contributed by atoms with Crippen molar-refractivity contribution in [3.8, 4) is 0 Å². The van der Waals surface area contributed by atoms with E-state index in [9.17, 15) is 0 Å². The standard InChI is InChI=1S/C16H24N4O/c1-12(11-21-2)20-16(17)18-9-5-6-13-10-19-15-8-4-3-7-14(13)15/h3-4,7-8,10,12,19H,5-6,9,11H2,1-2H3,(H3,17,18,20). The van der Waals surface area contributed by atoms with Gasteiger partial charge in [0.1, 0.15) is 0 Å². The van der Waals surface area contributed by atoms with Gasteiger partial charge in [-0.15, -0.1) is 0 Å². The molecule has 0 saturated carbocycles. The number of aryl methyl sites for hydroxylation is 1. The Morgan fingerprint density at radius 2 is 2.24 bits per heavy atom. The lowest BCUT2D eigenvalue weighted by Crippen LogP contribution is -2.40. The summed E-state index contributed by atoms with van der Waals surface area (Å²) in [6.07, 6.45) is 4.05. The molecule has 0 fully saturated rings. The van der Waals surface area contributed by atoms with Crippen molar-refractivity contribution in [3.05, 3.63) is 36.0 Å². The number of guanidine groups is 1. The Balaban J connectivity index is 1.79. The third kappa shape index (κ3) is 4.49. The molecule has 5 nitrogen and oxygen atoms in total. The summed E-state index contributed by atoms with van der Waals surface area (Å²) in [5.41, 5.74) is 8.35. The molecule has 0 aliphatic carbocycles. The SMILES string of the molecule is COCC(C)NC(N)=NCCCc1c[nH]c2ccccc12. The minimum Gasteiger partial charge on any atom is -0.383 e. The van der Waals surface area contributed by atoms with Gasteiger partial charge in [-0.05, 0) is 31.4 Å². The third-order valence-electron chi connectivity index (χ3n) is 3.37. The number of aromatic amines is 1. The Labute approximate surface area is 125 Å². The Hall–Kier alpha value is -2.01. The number of H-pyrrole nitrogens is 1. The van der Waals surface area contributed by atoms with Crippen LogP contribution in [0.1, 0.15) is 18.9 Å². The van der Waals surface area contributed by atoms with Crippen molar-refractivity contribution < 1.29 is 4.74 Å². The maximum Gasteiger partial charge on any atom is 0.188 e. The number of benzene rings is 1. The van der Waals surface area contributed by atoms with Gasteiger partial charge < -0.3 is 20.8 Å². The second-order valence-corrected chi connectivity index (χ2v) is 5.23. The van der Waals surface area contributed by atoms with Crippen LogP contribution in [0.3, 0.4) is 0 Å². The van der Waals surface area contributed by atoms with Crippen molar-refractivity contribution in [2.24, 2.45) is 10.7 Å². The maximum absolute atomic E-state index is 5.83. The number of hydrogen-bond acceptors (Lipinski definition) is 2. The summed E-state index contributed by atoms with van der Waals surface area (Å²) in [4.78, 5) is 7.63. The zero-order chi connectivity index (χ0) is 15.1. The predicted octanol–water partition coefficient (Wildman–Crippen LogP) is 2.04. The highest BCUT2D eigenvalue weighted by Crippen LogP contribution is 2.18. The number of nitrogens with two attached hydrogens (primary N) is 1. The van der Waals surface area contributed by atoms with E-state index in [-0.39, 0.29) is 6.04 Å². The molecular formula is C16H24N4O. The smallest absolute Gasteiger partial charge is 0.188 e. The summed E-state index contributed by atoms with van der Waals surface area (Å²) < 4.78 is 5.04. The number of fused-ring (bicyclic) bond motifs is 1. The molecule has 2 rings (SSSR count). The molecule has 0 amide bonds. The van der Waals surface area contributed by atoms with E-state index in [1.165, 1.54) is 16.5 Å². The molecule has 0 spiro atoms. The normalized spacial score (nSPS) is 13.5. The highest BCUT2D eigenvalue weighted by Gasteiger charge is 2.03. The van der Waals surface area contributed by atoms with Crippen molar-refractivity contribution in [2.75, 3.05) is 20.3 Å². The lowest BCUT2D eigenvalue weighted by atomic mass is 10.1. The van der Waals surface area contributed by atoms with E-state index in [1.54, 1.807) is 7.11 Å². The first-order chi connectivity index (χ1) is 10.2. The van der Waals surface area contributed by atoms with Crippen LogP contribution in [-0.4, -0.2) is 37.2 Å². The number of aromatic nitrogens is 1. The molecule has 0 saturated heterocycles. The molecule has 0 radical (unpaired) electrons. The zero-order valence-electron chi connectivity index (χ0n) is 12.7. The second-order valence-electron chi connectivity index (χ2n) is 5.23. The van der Waals surface area contributed by atoms with E-state index >= 15 is 0 Å². The summed E-state index contributed by atoms with van der Waals surface area (Å²) in [6, 6.07) is 8.52.